The van der Waals surface area contributed by atoms with Crippen LogP contribution in [0.5, 0.6) is 17.2 Å². The molecule has 0 radical (unpaired) electrons. The highest BCUT2D eigenvalue weighted by molar-refractivity contribution is 8.15. The predicted molar refractivity (Wildman–Crippen MR) is 150 cm³/mol. The predicted octanol–water partition coefficient (Wildman–Crippen LogP) is 5.23. The number of nitrogens with zero attached hydrogens (tertiary/aromatic N) is 2. The largest absolute Gasteiger partial charge is 0.483 e. The van der Waals surface area contributed by atoms with Crippen molar-refractivity contribution < 1.29 is 23.8 Å². The molecule has 0 aliphatic carbocycles. The summed E-state index contributed by atoms with van der Waals surface area (Å²) >= 11 is 1.03. The number of rotatable bonds is 8. The van der Waals surface area contributed by atoms with Crippen molar-refractivity contribution in [2.75, 3.05) is 31.2 Å². The van der Waals surface area contributed by atoms with E-state index in [0.29, 0.717) is 31.2 Å². The molecule has 6 rings (SSSR count). The van der Waals surface area contributed by atoms with E-state index in [1.165, 1.54) is 0 Å². The maximum atomic E-state index is 11.8. The van der Waals surface area contributed by atoms with Crippen molar-refractivity contribution >= 4 is 39.6 Å². The summed E-state index contributed by atoms with van der Waals surface area (Å²) in [6, 6.07) is 21.4. The van der Waals surface area contributed by atoms with Gasteiger partial charge < -0.3 is 24.1 Å². The number of nitrogens with one attached hydrogen (secondary N) is 2. The van der Waals surface area contributed by atoms with E-state index >= 15 is 0 Å². The number of hydrogen-bond acceptors (Lipinski definition) is 8. The van der Waals surface area contributed by atoms with Gasteiger partial charge in [-0.05, 0) is 55.3 Å². The highest BCUT2D eigenvalue weighted by Gasteiger charge is 2.31. The molecule has 2 N–H and O–H groups in total. The number of fused-ring (bicyclic) bond motifs is 1. The zero-order valence-electron chi connectivity index (χ0n) is 21.4. The highest BCUT2D eigenvalue weighted by Crippen LogP contribution is 2.34. The number of amides is 2. The normalized spacial score (nSPS) is 18.3. The third-order valence-electron chi connectivity index (χ3n) is 6.73. The first-order chi connectivity index (χ1) is 19.0. The van der Waals surface area contributed by atoms with Crippen LogP contribution in [-0.2, 0) is 16.0 Å². The number of morpholine rings is 1. The lowest BCUT2D eigenvalue weighted by atomic mass is 10.1. The number of hydrogen-bond donors (Lipinski definition) is 2. The first kappa shape index (κ1) is 25.3. The van der Waals surface area contributed by atoms with Gasteiger partial charge >= 0.3 is 0 Å². The molecule has 2 unspecified atom stereocenters. The van der Waals surface area contributed by atoms with Crippen LogP contribution in [0.3, 0.4) is 0 Å². The molecule has 3 aromatic carbocycles. The van der Waals surface area contributed by atoms with Gasteiger partial charge in [-0.1, -0.05) is 36.0 Å². The van der Waals surface area contributed by atoms with Crippen molar-refractivity contribution in [2.24, 2.45) is 0 Å². The Bertz CT molecular complexity index is 1500. The van der Waals surface area contributed by atoms with Gasteiger partial charge in [-0.2, -0.15) is 0 Å². The SMILES string of the molecule is CC(Oc1ccc(CC2SC(=O)NC2=O)cc1)c1nc2ccc(Oc3ccccc3N3CCOCC3)cc2[nH]1. The van der Waals surface area contributed by atoms with Gasteiger partial charge in [0.2, 0.25) is 5.91 Å². The summed E-state index contributed by atoms with van der Waals surface area (Å²) in [5.74, 6) is 2.68. The molecular weight excluding hydrogens is 516 g/mol. The number of imide groups is 1. The van der Waals surface area contributed by atoms with E-state index in [1.54, 1.807) is 0 Å². The van der Waals surface area contributed by atoms with Crippen molar-refractivity contribution in [2.45, 2.75) is 24.7 Å². The smallest absolute Gasteiger partial charge is 0.286 e. The Balaban J connectivity index is 1.12. The van der Waals surface area contributed by atoms with Crippen molar-refractivity contribution in [3.63, 3.8) is 0 Å². The first-order valence-electron chi connectivity index (χ1n) is 12.9. The van der Waals surface area contributed by atoms with E-state index in [-0.39, 0.29) is 22.5 Å². The number of para-hydroxylation sites is 2. The maximum Gasteiger partial charge on any atom is 0.286 e. The Morgan fingerprint density at radius 1 is 1.05 bits per heavy atom. The number of benzene rings is 3. The number of carbonyl (C=O) groups excluding carboxylic acids is 2. The lowest BCUT2D eigenvalue weighted by Gasteiger charge is -2.30. The van der Waals surface area contributed by atoms with Crippen LogP contribution in [-0.4, -0.2) is 52.7 Å². The van der Waals surface area contributed by atoms with Crippen LogP contribution in [0.2, 0.25) is 0 Å². The molecule has 0 spiro atoms. The fourth-order valence-corrected chi connectivity index (χ4v) is 5.57. The molecule has 3 heterocycles. The van der Waals surface area contributed by atoms with E-state index < -0.39 is 0 Å². The molecule has 2 amide bonds. The molecule has 9 nitrogen and oxygen atoms in total. The average molecular weight is 545 g/mol. The first-order valence-corrected chi connectivity index (χ1v) is 13.8. The van der Waals surface area contributed by atoms with Crippen LogP contribution in [0.4, 0.5) is 10.5 Å². The summed E-state index contributed by atoms with van der Waals surface area (Å²) in [7, 11) is 0. The Morgan fingerprint density at radius 2 is 1.82 bits per heavy atom. The fourth-order valence-electron chi connectivity index (χ4n) is 4.71. The van der Waals surface area contributed by atoms with Gasteiger partial charge in [-0.3, -0.25) is 14.9 Å². The third kappa shape index (κ3) is 5.71. The maximum absolute atomic E-state index is 11.8. The van der Waals surface area contributed by atoms with Gasteiger partial charge in [-0.15, -0.1) is 0 Å². The molecule has 2 aliphatic rings. The highest BCUT2D eigenvalue weighted by atomic mass is 32.2. The van der Waals surface area contributed by atoms with Crippen molar-refractivity contribution in [3.05, 3.63) is 78.1 Å². The number of ether oxygens (including phenoxy) is 3. The fraction of sp³-hybridized carbons (Fsp3) is 0.276. The minimum absolute atomic E-state index is 0.237. The zero-order chi connectivity index (χ0) is 26.8. The molecular formula is C29H28N4O5S. The van der Waals surface area contributed by atoms with Crippen molar-refractivity contribution in [1.82, 2.24) is 15.3 Å². The number of imidazole rings is 1. The van der Waals surface area contributed by atoms with Crippen LogP contribution < -0.4 is 19.7 Å². The van der Waals surface area contributed by atoms with Gasteiger partial charge in [0.1, 0.15) is 17.3 Å². The van der Waals surface area contributed by atoms with Crippen molar-refractivity contribution in [3.8, 4) is 17.2 Å². The second-order valence-electron chi connectivity index (χ2n) is 9.46. The number of H-pyrrole nitrogens is 1. The molecule has 1 aromatic heterocycles. The minimum atomic E-state index is -0.388. The molecule has 2 aliphatic heterocycles. The standard InChI is InChI=1S/C29H28N4O5S/c1-18(37-20-8-6-19(7-9-20)16-26-28(34)32-29(35)39-26)27-30-22-11-10-21(17-23(22)31-27)38-25-5-3-2-4-24(25)33-12-14-36-15-13-33/h2-11,17-18,26H,12-16H2,1H3,(H,30,31)(H,32,34,35). The lowest BCUT2D eigenvalue weighted by molar-refractivity contribution is -0.118. The Labute approximate surface area is 229 Å². The van der Waals surface area contributed by atoms with Gasteiger partial charge in [-0.25, -0.2) is 4.98 Å². The molecule has 10 heteroatoms. The molecule has 2 saturated heterocycles. The Kier molecular flexibility index (Phi) is 7.12. The van der Waals surface area contributed by atoms with Crippen molar-refractivity contribution in [1.29, 1.82) is 0 Å². The summed E-state index contributed by atoms with van der Waals surface area (Å²) in [5, 5.41) is 1.64. The van der Waals surface area contributed by atoms with E-state index in [0.717, 1.165) is 58.6 Å². The number of carbonyl (C=O) groups is 2. The second-order valence-corrected chi connectivity index (χ2v) is 10.6. The van der Waals surface area contributed by atoms with E-state index in [9.17, 15) is 9.59 Å². The van der Waals surface area contributed by atoms with Crippen LogP contribution in [0.15, 0.2) is 66.7 Å². The summed E-state index contributed by atoms with van der Waals surface area (Å²) < 4.78 is 17.9. The van der Waals surface area contributed by atoms with Crippen LogP contribution in [0.25, 0.3) is 11.0 Å². The monoisotopic (exact) mass is 544 g/mol. The van der Waals surface area contributed by atoms with Crippen LogP contribution >= 0.6 is 11.8 Å². The van der Waals surface area contributed by atoms with Gasteiger partial charge in [0, 0.05) is 19.2 Å². The number of aromatic amines is 1. The van der Waals surface area contributed by atoms with Gasteiger partial charge in [0.15, 0.2) is 11.9 Å². The number of thioether (sulfide) groups is 1. The van der Waals surface area contributed by atoms with Gasteiger partial charge in [0.25, 0.3) is 5.24 Å². The average Bonchev–Trinajstić information content (AvgIpc) is 3.52. The summed E-state index contributed by atoms with van der Waals surface area (Å²) in [6.07, 6.45) is 0.173. The number of anilines is 1. The van der Waals surface area contributed by atoms with Gasteiger partial charge in [0.05, 0.1) is 35.2 Å². The molecule has 4 aromatic rings. The summed E-state index contributed by atoms with van der Waals surface area (Å²) in [6.45, 7) is 5.03. The molecule has 2 atom stereocenters. The molecule has 0 bridgehead atoms. The zero-order valence-corrected chi connectivity index (χ0v) is 22.2. The van der Waals surface area contributed by atoms with E-state index in [4.69, 9.17) is 19.2 Å². The third-order valence-corrected chi connectivity index (χ3v) is 7.71. The Hall–Kier alpha value is -4.02. The van der Waals surface area contributed by atoms with E-state index in [1.807, 2.05) is 67.6 Å². The topological polar surface area (TPSA) is 106 Å². The second kappa shape index (κ2) is 11.0. The molecule has 200 valence electrons. The molecule has 39 heavy (non-hydrogen) atoms. The molecule has 2 fully saturated rings. The Morgan fingerprint density at radius 3 is 2.59 bits per heavy atom. The quantitative estimate of drug-likeness (QED) is 0.311. The van der Waals surface area contributed by atoms with Crippen LogP contribution in [0, 0.1) is 0 Å². The summed E-state index contributed by atoms with van der Waals surface area (Å²) in [5.41, 5.74) is 3.70. The molecule has 0 saturated carbocycles. The minimum Gasteiger partial charge on any atom is -0.483 e. The van der Waals surface area contributed by atoms with Crippen LogP contribution in [0.1, 0.15) is 24.4 Å². The van der Waals surface area contributed by atoms with E-state index in [2.05, 4.69) is 21.3 Å². The lowest BCUT2D eigenvalue weighted by Crippen LogP contribution is -2.36. The number of aromatic nitrogens is 2. The summed E-state index contributed by atoms with van der Waals surface area (Å²) in [4.78, 5) is 33.6.